The Labute approximate surface area is 150 Å². The van der Waals surface area contributed by atoms with Gasteiger partial charge < -0.3 is 14.8 Å². The zero-order valence-electron chi connectivity index (χ0n) is 15.1. The van der Waals surface area contributed by atoms with Gasteiger partial charge >= 0.3 is 0 Å². The Kier molecular flexibility index (Phi) is 4.59. The van der Waals surface area contributed by atoms with Gasteiger partial charge in [0.05, 0.1) is 11.5 Å². The molecule has 2 atom stereocenters. The first-order valence-corrected chi connectivity index (χ1v) is 9.77. The maximum Gasteiger partial charge on any atom is 0.231 e. The summed E-state index contributed by atoms with van der Waals surface area (Å²) >= 11 is 0. The molecular formula is C21H29NO3. The van der Waals surface area contributed by atoms with Crippen molar-refractivity contribution < 1.29 is 14.3 Å². The minimum atomic E-state index is -0.443. The van der Waals surface area contributed by atoms with E-state index in [2.05, 4.69) is 24.4 Å². The molecule has 0 aromatic heterocycles. The van der Waals surface area contributed by atoms with E-state index in [0.717, 1.165) is 31.4 Å². The molecule has 136 valence electrons. The highest BCUT2D eigenvalue weighted by atomic mass is 16.5. The van der Waals surface area contributed by atoms with E-state index in [1.807, 2.05) is 18.2 Å². The third-order valence-corrected chi connectivity index (χ3v) is 6.85. The van der Waals surface area contributed by atoms with E-state index in [-0.39, 0.29) is 17.4 Å². The minimum Gasteiger partial charge on any atom is -0.381 e. The smallest absolute Gasteiger partial charge is 0.231 e. The monoisotopic (exact) mass is 343 g/mol. The number of nitrogens with one attached hydrogen (secondary N) is 1. The van der Waals surface area contributed by atoms with Crippen molar-refractivity contribution >= 4 is 5.91 Å². The molecule has 0 radical (unpaired) electrons. The molecule has 1 amide bonds. The Hall–Kier alpha value is -1.39. The van der Waals surface area contributed by atoms with Crippen LogP contribution < -0.4 is 5.32 Å². The third kappa shape index (κ3) is 2.70. The molecule has 1 saturated heterocycles. The molecular weight excluding hydrogens is 314 g/mol. The van der Waals surface area contributed by atoms with E-state index >= 15 is 0 Å². The summed E-state index contributed by atoms with van der Waals surface area (Å²) in [6.07, 6.45) is 6.44. The number of benzene rings is 1. The third-order valence-electron chi connectivity index (χ3n) is 6.85. The Bertz CT molecular complexity index is 605. The lowest BCUT2D eigenvalue weighted by molar-refractivity contribution is -0.178. The summed E-state index contributed by atoms with van der Waals surface area (Å²) in [7, 11) is 0. The highest BCUT2D eigenvalue weighted by molar-refractivity contribution is 5.88. The van der Waals surface area contributed by atoms with Gasteiger partial charge in [-0.3, -0.25) is 4.79 Å². The molecule has 0 bridgehead atoms. The molecule has 1 N–H and O–H groups in total. The Morgan fingerprint density at radius 2 is 1.92 bits per heavy atom. The van der Waals surface area contributed by atoms with Crippen LogP contribution in [0.4, 0.5) is 0 Å². The zero-order valence-corrected chi connectivity index (χ0v) is 15.1. The molecule has 1 heterocycles. The SMILES string of the molecule is CCO[C@H]1C[C@@H](NC(=O)C2(c3ccccc3)CCOCC2)C12CCC2. The van der Waals surface area contributed by atoms with E-state index in [4.69, 9.17) is 9.47 Å². The van der Waals surface area contributed by atoms with Crippen molar-refractivity contribution in [3.05, 3.63) is 35.9 Å². The number of hydrogen-bond acceptors (Lipinski definition) is 3. The largest absolute Gasteiger partial charge is 0.381 e. The summed E-state index contributed by atoms with van der Waals surface area (Å²) in [6.45, 7) is 4.13. The van der Waals surface area contributed by atoms with Gasteiger partial charge in [0, 0.05) is 31.3 Å². The topological polar surface area (TPSA) is 47.6 Å². The Morgan fingerprint density at radius 3 is 2.52 bits per heavy atom. The van der Waals surface area contributed by atoms with E-state index in [0.29, 0.717) is 19.3 Å². The first kappa shape index (κ1) is 17.0. The molecule has 1 aromatic rings. The lowest BCUT2D eigenvalue weighted by atomic mass is 9.50. The fourth-order valence-electron chi connectivity index (χ4n) is 5.06. The van der Waals surface area contributed by atoms with Crippen molar-refractivity contribution in [3.63, 3.8) is 0 Å². The predicted octanol–water partition coefficient (Wildman–Crippen LogP) is 3.20. The quantitative estimate of drug-likeness (QED) is 0.893. The second-order valence-corrected chi connectivity index (χ2v) is 7.85. The molecule has 4 nitrogen and oxygen atoms in total. The van der Waals surface area contributed by atoms with Gasteiger partial charge in [-0.05, 0) is 44.6 Å². The van der Waals surface area contributed by atoms with Gasteiger partial charge in [0.2, 0.25) is 5.91 Å². The average molecular weight is 343 g/mol. The number of ether oxygens (including phenoxy) is 2. The second kappa shape index (κ2) is 6.73. The number of carbonyl (C=O) groups excluding carboxylic acids is 1. The maximum atomic E-state index is 13.4. The lowest BCUT2D eigenvalue weighted by Crippen LogP contribution is -2.69. The van der Waals surface area contributed by atoms with Crippen molar-refractivity contribution in [1.82, 2.24) is 5.32 Å². The standard InChI is InChI=1S/C21H29NO3/c1-2-25-18-15-17(21(18)9-6-10-21)22-19(23)20(11-13-24-14-12-20)16-7-4-3-5-8-16/h3-5,7-8,17-18H,2,6,9-15H2,1H3,(H,22,23)/t17-,18+/m1/s1. The number of carbonyl (C=O) groups is 1. The number of rotatable bonds is 5. The second-order valence-electron chi connectivity index (χ2n) is 7.85. The normalized spacial score (nSPS) is 29.5. The summed E-state index contributed by atoms with van der Waals surface area (Å²) in [5, 5.41) is 3.43. The summed E-state index contributed by atoms with van der Waals surface area (Å²) in [5.41, 5.74) is 0.884. The van der Waals surface area contributed by atoms with E-state index < -0.39 is 5.41 Å². The predicted molar refractivity (Wildman–Crippen MR) is 96.4 cm³/mol. The van der Waals surface area contributed by atoms with Gasteiger partial charge in [-0.2, -0.15) is 0 Å². The van der Waals surface area contributed by atoms with Crippen LogP contribution in [0.5, 0.6) is 0 Å². The molecule has 3 fully saturated rings. The number of hydrogen-bond donors (Lipinski definition) is 1. The fraction of sp³-hybridized carbons (Fsp3) is 0.667. The molecule has 25 heavy (non-hydrogen) atoms. The van der Waals surface area contributed by atoms with Gasteiger partial charge in [0.15, 0.2) is 0 Å². The van der Waals surface area contributed by atoms with E-state index in [9.17, 15) is 4.79 Å². The van der Waals surface area contributed by atoms with Crippen LogP contribution >= 0.6 is 0 Å². The Morgan fingerprint density at radius 1 is 1.20 bits per heavy atom. The number of amides is 1. The molecule has 0 unspecified atom stereocenters. The molecule has 2 saturated carbocycles. The van der Waals surface area contributed by atoms with Crippen molar-refractivity contribution in [2.75, 3.05) is 19.8 Å². The van der Waals surface area contributed by atoms with Gasteiger partial charge in [-0.1, -0.05) is 36.8 Å². The average Bonchev–Trinajstić information content (AvgIpc) is 2.60. The minimum absolute atomic E-state index is 0.188. The maximum absolute atomic E-state index is 13.4. The molecule has 4 rings (SSSR count). The molecule has 4 heteroatoms. The zero-order chi connectivity index (χ0) is 17.3. The van der Waals surface area contributed by atoms with Crippen LogP contribution in [-0.4, -0.2) is 37.9 Å². The molecule has 1 spiro atoms. The first-order chi connectivity index (χ1) is 12.2. The fourth-order valence-corrected chi connectivity index (χ4v) is 5.06. The van der Waals surface area contributed by atoms with Crippen LogP contribution in [0.15, 0.2) is 30.3 Å². The van der Waals surface area contributed by atoms with Gasteiger partial charge in [-0.25, -0.2) is 0 Å². The van der Waals surface area contributed by atoms with Crippen LogP contribution in [0.3, 0.4) is 0 Å². The highest BCUT2D eigenvalue weighted by Crippen LogP contribution is 2.57. The van der Waals surface area contributed by atoms with E-state index in [1.54, 1.807) is 0 Å². The van der Waals surface area contributed by atoms with Crippen LogP contribution in [0.2, 0.25) is 0 Å². The summed E-state index contributed by atoms with van der Waals surface area (Å²) in [6, 6.07) is 10.5. The van der Waals surface area contributed by atoms with Crippen molar-refractivity contribution in [2.24, 2.45) is 5.41 Å². The van der Waals surface area contributed by atoms with Crippen molar-refractivity contribution in [2.45, 2.75) is 63.0 Å². The van der Waals surface area contributed by atoms with Crippen LogP contribution in [0.25, 0.3) is 0 Å². The lowest BCUT2D eigenvalue weighted by Gasteiger charge is -2.61. The first-order valence-electron chi connectivity index (χ1n) is 9.77. The van der Waals surface area contributed by atoms with Crippen LogP contribution in [0, 0.1) is 5.41 Å². The molecule has 3 aliphatic rings. The Balaban J connectivity index is 1.52. The van der Waals surface area contributed by atoms with Crippen molar-refractivity contribution in [1.29, 1.82) is 0 Å². The van der Waals surface area contributed by atoms with Gasteiger partial charge in [0.1, 0.15) is 0 Å². The van der Waals surface area contributed by atoms with Crippen LogP contribution in [-0.2, 0) is 19.7 Å². The molecule has 1 aromatic carbocycles. The summed E-state index contributed by atoms with van der Waals surface area (Å²) in [5.74, 6) is 0.188. The summed E-state index contributed by atoms with van der Waals surface area (Å²) in [4.78, 5) is 13.4. The van der Waals surface area contributed by atoms with Crippen molar-refractivity contribution in [3.8, 4) is 0 Å². The highest BCUT2D eigenvalue weighted by Gasteiger charge is 2.60. The van der Waals surface area contributed by atoms with E-state index in [1.165, 1.54) is 19.3 Å². The van der Waals surface area contributed by atoms with Gasteiger partial charge in [0.25, 0.3) is 0 Å². The molecule has 1 aliphatic heterocycles. The summed E-state index contributed by atoms with van der Waals surface area (Å²) < 4.78 is 11.5. The van der Waals surface area contributed by atoms with Gasteiger partial charge in [-0.15, -0.1) is 0 Å². The van der Waals surface area contributed by atoms with Crippen LogP contribution in [0.1, 0.15) is 51.0 Å². The molecule has 2 aliphatic carbocycles.